The summed E-state index contributed by atoms with van der Waals surface area (Å²) in [5, 5.41) is 7.35. The molecule has 1 aromatic carbocycles. The van der Waals surface area contributed by atoms with Crippen molar-refractivity contribution in [3.63, 3.8) is 0 Å². The fraction of sp³-hybridized carbons (Fsp3) is 0.250. The molecule has 0 saturated heterocycles. The van der Waals surface area contributed by atoms with E-state index in [1.165, 1.54) is 0 Å². The Hall–Kier alpha value is -3.15. The van der Waals surface area contributed by atoms with Crippen LogP contribution in [0, 0.1) is 0 Å². The van der Waals surface area contributed by atoms with Crippen molar-refractivity contribution < 1.29 is 4.79 Å². The van der Waals surface area contributed by atoms with E-state index in [9.17, 15) is 4.79 Å². The van der Waals surface area contributed by atoms with Gasteiger partial charge >= 0.3 is 6.03 Å². The lowest BCUT2D eigenvalue weighted by Gasteiger charge is -2.30. The van der Waals surface area contributed by atoms with Crippen molar-refractivity contribution in [2.75, 3.05) is 5.32 Å². The molecule has 2 aromatic heterocycles. The molecule has 0 unspecified atom stereocenters. The highest BCUT2D eigenvalue weighted by Gasteiger charge is 2.36. The quantitative estimate of drug-likeness (QED) is 0.758. The van der Waals surface area contributed by atoms with Gasteiger partial charge in [-0.15, -0.1) is 0 Å². The van der Waals surface area contributed by atoms with Crippen LogP contribution in [0.15, 0.2) is 67.3 Å². The number of nitrogens with zero attached hydrogens (tertiary/aromatic N) is 4. The number of hydrogen-bond donors (Lipinski definition) is 1. The average Bonchev–Trinajstić information content (AvgIpc) is 3.35. The lowest BCUT2D eigenvalue weighted by molar-refractivity contribution is 0.189. The van der Waals surface area contributed by atoms with Gasteiger partial charge in [0.25, 0.3) is 0 Å². The van der Waals surface area contributed by atoms with E-state index in [0.29, 0.717) is 0 Å². The molecule has 6 heteroatoms. The molecule has 0 bridgehead atoms. The van der Waals surface area contributed by atoms with Crippen molar-refractivity contribution in [1.29, 1.82) is 0 Å². The topological polar surface area (TPSA) is 63.1 Å². The number of hydrogen-bond acceptors (Lipinski definition) is 3. The highest BCUT2D eigenvalue weighted by molar-refractivity contribution is 5.92. The van der Waals surface area contributed by atoms with E-state index in [0.717, 1.165) is 29.8 Å². The first-order valence-corrected chi connectivity index (χ1v) is 8.82. The van der Waals surface area contributed by atoms with E-state index in [1.54, 1.807) is 17.1 Å². The fourth-order valence-corrected chi connectivity index (χ4v) is 3.16. The summed E-state index contributed by atoms with van der Waals surface area (Å²) < 4.78 is 1.75. The smallest absolute Gasteiger partial charge is 0.315 e. The maximum absolute atomic E-state index is 13.1. The van der Waals surface area contributed by atoms with E-state index < -0.39 is 0 Å². The molecule has 1 fully saturated rings. The minimum Gasteiger partial charge on any atom is -0.315 e. The van der Waals surface area contributed by atoms with Gasteiger partial charge in [0, 0.05) is 30.8 Å². The van der Waals surface area contributed by atoms with Crippen LogP contribution in [0.1, 0.15) is 31.4 Å². The monoisotopic (exact) mass is 347 g/mol. The predicted octanol–water partition coefficient (Wildman–Crippen LogP) is 4.02. The number of pyridine rings is 1. The Kier molecular flexibility index (Phi) is 4.39. The zero-order valence-corrected chi connectivity index (χ0v) is 14.6. The predicted molar refractivity (Wildman–Crippen MR) is 100 cm³/mol. The van der Waals surface area contributed by atoms with Crippen molar-refractivity contribution in [2.24, 2.45) is 0 Å². The molecular weight excluding hydrogens is 326 g/mol. The molecule has 1 atom stereocenters. The van der Waals surface area contributed by atoms with Gasteiger partial charge in [-0.25, -0.2) is 9.48 Å². The normalized spacial score (nSPS) is 14.7. The number of para-hydroxylation sites is 2. The van der Waals surface area contributed by atoms with Crippen molar-refractivity contribution in [1.82, 2.24) is 19.7 Å². The van der Waals surface area contributed by atoms with Crippen molar-refractivity contribution in [3.05, 3.63) is 72.8 Å². The molecule has 0 radical (unpaired) electrons. The Labute approximate surface area is 152 Å². The minimum atomic E-state index is -0.0940. The summed E-state index contributed by atoms with van der Waals surface area (Å²) in [4.78, 5) is 19.2. The largest absolute Gasteiger partial charge is 0.322 e. The second-order valence-electron chi connectivity index (χ2n) is 6.50. The molecule has 2 heterocycles. The van der Waals surface area contributed by atoms with Gasteiger partial charge in [0.15, 0.2) is 0 Å². The molecular formula is C20H21N5O. The summed E-state index contributed by atoms with van der Waals surface area (Å²) in [6, 6.07) is 13.6. The van der Waals surface area contributed by atoms with Crippen LogP contribution in [0.5, 0.6) is 0 Å². The third kappa shape index (κ3) is 3.31. The zero-order valence-electron chi connectivity index (χ0n) is 14.6. The fourth-order valence-electron chi connectivity index (χ4n) is 3.16. The summed E-state index contributed by atoms with van der Waals surface area (Å²) in [6.45, 7) is 2.05. The lowest BCUT2D eigenvalue weighted by Crippen LogP contribution is -2.39. The molecule has 1 aliphatic carbocycles. The number of carbonyl (C=O) groups excluding carboxylic acids is 1. The van der Waals surface area contributed by atoms with E-state index in [4.69, 9.17) is 0 Å². The van der Waals surface area contributed by atoms with Gasteiger partial charge < -0.3 is 10.2 Å². The lowest BCUT2D eigenvalue weighted by atomic mass is 10.1. The first-order chi connectivity index (χ1) is 12.7. The Morgan fingerprint density at radius 1 is 1.19 bits per heavy atom. The molecule has 4 rings (SSSR count). The molecule has 132 valence electrons. The van der Waals surface area contributed by atoms with Gasteiger partial charge in [-0.05, 0) is 49.6 Å². The number of aromatic nitrogens is 3. The van der Waals surface area contributed by atoms with Crippen LogP contribution in [0.2, 0.25) is 0 Å². The van der Waals surface area contributed by atoms with Gasteiger partial charge in [0.05, 0.1) is 17.4 Å². The standard InChI is InChI=1S/C20H21N5O/c1-15(16-6-4-11-21-14-16)25(17-9-10-17)20(26)23-18-7-2-3-8-19(18)24-13-5-12-22-24/h2-8,11-15,17H,9-10H2,1H3,(H,23,26)/t15-/m0/s1. The van der Waals surface area contributed by atoms with Crippen molar-refractivity contribution in [2.45, 2.75) is 31.8 Å². The third-order valence-electron chi connectivity index (χ3n) is 4.66. The van der Waals surface area contributed by atoms with Crippen LogP contribution in [0.3, 0.4) is 0 Å². The van der Waals surface area contributed by atoms with E-state index in [2.05, 4.69) is 15.4 Å². The first kappa shape index (κ1) is 16.3. The van der Waals surface area contributed by atoms with Gasteiger partial charge in [0.2, 0.25) is 0 Å². The molecule has 26 heavy (non-hydrogen) atoms. The van der Waals surface area contributed by atoms with Crippen molar-refractivity contribution >= 4 is 11.7 Å². The van der Waals surface area contributed by atoms with Crippen LogP contribution in [-0.2, 0) is 0 Å². The summed E-state index contributed by atoms with van der Waals surface area (Å²) in [5.74, 6) is 0. The number of benzene rings is 1. The summed E-state index contributed by atoms with van der Waals surface area (Å²) in [6.07, 6.45) is 9.24. The maximum atomic E-state index is 13.1. The molecule has 0 aliphatic heterocycles. The van der Waals surface area contributed by atoms with E-state index in [-0.39, 0.29) is 18.1 Å². The molecule has 3 aromatic rings. The zero-order chi connectivity index (χ0) is 17.9. The van der Waals surface area contributed by atoms with Crippen molar-refractivity contribution in [3.8, 4) is 5.69 Å². The van der Waals surface area contributed by atoms with E-state index in [1.807, 2.05) is 66.7 Å². The summed E-state index contributed by atoms with van der Waals surface area (Å²) in [7, 11) is 0. The highest BCUT2D eigenvalue weighted by atomic mass is 16.2. The second-order valence-corrected chi connectivity index (χ2v) is 6.50. The molecule has 0 spiro atoms. The second kappa shape index (κ2) is 7.00. The number of amides is 2. The Bertz CT molecular complexity index is 874. The third-order valence-corrected chi connectivity index (χ3v) is 4.66. The number of urea groups is 1. The van der Waals surface area contributed by atoms with Gasteiger partial charge in [-0.3, -0.25) is 4.98 Å². The number of anilines is 1. The number of nitrogens with one attached hydrogen (secondary N) is 1. The highest BCUT2D eigenvalue weighted by Crippen LogP contribution is 2.35. The molecule has 2 amide bonds. The maximum Gasteiger partial charge on any atom is 0.322 e. The van der Waals surface area contributed by atoms with E-state index >= 15 is 0 Å². The Morgan fingerprint density at radius 3 is 2.73 bits per heavy atom. The van der Waals surface area contributed by atoms with Crippen LogP contribution in [-0.4, -0.2) is 31.7 Å². The minimum absolute atomic E-state index is 0.0342. The Balaban J connectivity index is 1.59. The van der Waals surface area contributed by atoms with Crippen LogP contribution < -0.4 is 5.32 Å². The molecule has 6 nitrogen and oxygen atoms in total. The van der Waals surface area contributed by atoms with Gasteiger partial charge in [-0.2, -0.15) is 5.10 Å². The Morgan fingerprint density at radius 2 is 2.04 bits per heavy atom. The first-order valence-electron chi connectivity index (χ1n) is 8.82. The molecule has 1 N–H and O–H groups in total. The summed E-state index contributed by atoms with van der Waals surface area (Å²) >= 11 is 0. The SMILES string of the molecule is C[C@@H](c1cccnc1)N(C(=O)Nc1ccccc1-n1cccn1)C1CC1. The van der Waals surface area contributed by atoms with Crippen LogP contribution in [0.4, 0.5) is 10.5 Å². The number of carbonyl (C=O) groups is 1. The van der Waals surface area contributed by atoms with Gasteiger partial charge in [-0.1, -0.05) is 18.2 Å². The molecule has 1 saturated carbocycles. The number of rotatable bonds is 5. The molecule has 1 aliphatic rings. The van der Waals surface area contributed by atoms with Gasteiger partial charge in [0.1, 0.15) is 0 Å². The summed E-state index contributed by atoms with van der Waals surface area (Å²) in [5.41, 5.74) is 2.62. The average molecular weight is 347 g/mol. The van der Waals surface area contributed by atoms with Crippen LogP contribution >= 0.6 is 0 Å². The van der Waals surface area contributed by atoms with Crippen LogP contribution in [0.25, 0.3) is 5.69 Å².